The third-order valence-corrected chi connectivity index (χ3v) is 5.30. The monoisotopic (exact) mass is 271 g/mol. The summed E-state index contributed by atoms with van der Waals surface area (Å²) in [5.74, 6) is 0.759. The Morgan fingerprint density at radius 1 is 1.35 bits per heavy atom. The number of ether oxygens (including phenoxy) is 1. The van der Waals surface area contributed by atoms with Crippen LogP contribution < -0.4 is 9.46 Å². The summed E-state index contributed by atoms with van der Waals surface area (Å²) < 4.78 is 32.2. The van der Waals surface area contributed by atoms with Gasteiger partial charge in [0.25, 0.3) is 0 Å². The average Bonchev–Trinajstić information content (AvgIpc) is 2.73. The average molecular weight is 271 g/mol. The molecule has 2 aromatic rings. The highest BCUT2D eigenvalue weighted by atomic mass is 32.2. The highest BCUT2D eigenvalue weighted by Crippen LogP contribution is 2.31. The van der Waals surface area contributed by atoms with Crippen LogP contribution in [-0.2, 0) is 10.0 Å². The Labute approximate surface area is 104 Å². The molecule has 92 valence electrons. The van der Waals surface area contributed by atoms with Crippen LogP contribution in [0.3, 0.4) is 0 Å². The normalized spacial score (nSPS) is 11.9. The van der Waals surface area contributed by atoms with Gasteiger partial charge in [0.1, 0.15) is 9.96 Å². The van der Waals surface area contributed by atoms with Crippen LogP contribution in [0, 0.1) is 0 Å². The van der Waals surface area contributed by atoms with Crippen molar-refractivity contribution in [1.82, 2.24) is 4.72 Å². The Balaban J connectivity index is 2.51. The van der Waals surface area contributed by atoms with E-state index in [1.807, 2.05) is 25.1 Å². The van der Waals surface area contributed by atoms with Crippen molar-refractivity contribution in [1.29, 1.82) is 0 Å². The summed E-state index contributed by atoms with van der Waals surface area (Å²) in [5, 5.41) is 0.910. The quantitative estimate of drug-likeness (QED) is 0.927. The summed E-state index contributed by atoms with van der Waals surface area (Å²) in [6.07, 6.45) is 0. The Hall–Kier alpha value is -1.11. The number of fused-ring (bicyclic) bond motifs is 1. The zero-order valence-corrected chi connectivity index (χ0v) is 11.2. The van der Waals surface area contributed by atoms with Crippen LogP contribution in [0.15, 0.2) is 28.5 Å². The molecule has 0 saturated carbocycles. The van der Waals surface area contributed by atoms with Crippen molar-refractivity contribution in [2.24, 2.45) is 0 Å². The van der Waals surface area contributed by atoms with Gasteiger partial charge < -0.3 is 4.74 Å². The number of hydrogen-bond donors (Lipinski definition) is 1. The topological polar surface area (TPSA) is 55.4 Å². The van der Waals surface area contributed by atoms with Gasteiger partial charge >= 0.3 is 0 Å². The fourth-order valence-corrected chi connectivity index (χ4v) is 3.74. The van der Waals surface area contributed by atoms with Gasteiger partial charge in [-0.25, -0.2) is 13.1 Å². The lowest BCUT2D eigenvalue weighted by Crippen LogP contribution is -2.17. The molecule has 1 aromatic carbocycles. The molecule has 1 N–H and O–H groups in total. The highest BCUT2D eigenvalue weighted by molar-refractivity contribution is 7.91. The van der Waals surface area contributed by atoms with Gasteiger partial charge in [0.05, 0.1) is 6.61 Å². The third kappa shape index (κ3) is 2.43. The molecule has 2 rings (SSSR count). The Morgan fingerprint density at radius 2 is 2.12 bits per heavy atom. The molecule has 6 heteroatoms. The van der Waals surface area contributed by atoms with E-state index in [-0.39, 0.29) is 0 Å². The molecular weight excluding hydrogens is 258 g/mol. The van der Waals surface area contributed by atoms with E-state index in [1.165, 1.54) is 18.4 Å². The highest BCUT2D eigenvalue weighted by Gasteiger charge is 2.15. The molecule has 0 saturated heterocycles. The predicted octanol–water partition coefficient (Wildman–Crippen LogP) is 2.21. The van der Waals surface area contributed by atoms with Crippen molar-refractivity contribution >= 4 is 31.4 Å². The summed E-state index contributed by atoms with van der Waals surface area (Å²) in [7, 11) is -1.95. The van der Waals surface area contributed by atoms with Crippen molar-refractivity contribution in [3.63, 3.8) is 0 Å². The van der Waals surface area contributed by atoms with Crippen LogP contribution in [0.2, 0.25) is 0 Å². The van der Waals surface area contributed by atoms with E-state index < -0.39 is 10.0 Å². The number of benzene rings is 1. The molecule has 0 fully saturated rings. The molecule has 1 heterocycles. The first-order chi connectivity index (χ1) is 8.06. The number of thiophene rings is 1. The lowest BCUT2D eigenvalue weighted by Gasteiger charge is -2.01. The molecule has 0 aliphatic heterocycles. The van der Waals surface area contributed by atoms with Gasteiger partial charge in [-0.1, -0.05) is 0 Å². The fraction of sp³-hybridized carbons (Fsp3) is 0.273. The minimum absolute atomic E-state index is 0.323. The minimum atomic E-state index is -3.36. The van der Waals surface area contributed by atoms with Gasteiger partial charge in [0, 0.05) is 4.70 Å². The minimum Gasteiger partial charge on any atom is -0.494 e. The first kappa shape index (κ1) is 12.3. The standard InChI is InChI=1S/C11H13NO3S2/c1-3-15-9-5-4-8-6-11(16-10(8)7-9)17(13,14)12-2/h4-7,12H,3H2,1-2H3. The zero-order chi connectivity index (χ0) is 12.5. The molecule has 0 unspecified atom stereocenters. The first-order valence-electron chi connectivity index (χ1n) is 5.17. The van der Waals surface area contributed by atoms with Gasteiger partial charge in [-0.3, -0.25) is 0 Å². The maximum absolute atomic E-state index is 11.6. The molecule has 0 aliphatic carbocycles. The Bertz CT molecular complexity index is 631. The van der Waals surface area contributed by atoms with Crippen LogP contribution in [0.5, 0.6) is 5.75 Å². The van der Waals surface area contributed by atoms with Crippen LogP contribution in [-0.4, -0.2) is 22.1 Å². The van der Waals surface area contributed by atoms with Gasteiger partial charge in [-0.15, -0.1) is 11.3 Å². The number of rotatable bonds is 4. The third-order valence-electron chi connectivity index (χ3n) is 2.31. The molecular formula is C11H13NO3S2. The summed E-state index contributed by atoms with van der Waals surface area (Å²) in [6.45, 7) is 2.51. The van der Waals surface area contributed by atoms with Crippen molar-refractivity contribution in [2.75, 3.05) is 13.7 Å². The Kier molecular flexibility index (Phi) is 3.37. The molecule has 0 bridgehead atoms. The second-order valence-electron chi connectivity index (χ2n) is 3.41. The summed E-state index contributed by atoms with van der Waals surface area (Å²) in [5.41, 5.74) is 0. The zero-order valence-electron chi connectivity index (χ0n) is 9.56. The van der Waals surface area contributed by atoms with E-state index in [1.54, 1.807) is 6.07 Å². The second kappa shape index (κ2) is 4.64. The van der Waals surface area contributed by atoms with Crippen LogP contribution in [0.25, 0.3) is 10.1 Å². The number of nitrogens with one attached hydrogen (secondary N) is 1. The molecule has 17 heavy (non-hydrogen) atoms. The van der Waals surface area contributed by atoms with Crippen molar-refractivity contribution < 1.29 is 13.2 Å². The van der Waals surface area contributed by atoms with Crippen molar-refractivity contribution in [3.05, 3.63) is 24.3 Å². The van der Waals surface area contributed by atoms with Gasteiger partial charge in [0.15, 0.2) is 0 Å². The largest absolute Gasteiger partial charge is 0.494 e. The van der Waals surface area contributed by atoms with E-state index in [0.29, 0.717) is 10.8 Å². The maximum atomic E-state index is 11.6. The second-order valence-corrected chi connectivity index (χ2v) is 6.60. The van der Waals surface area contributed by atoms with Crippen molar-refractivity contribution in [2.45, 2.75) is 11.1 Å². The van der Waals surface area contributed by atoms with E-state index >= 15 is 0 Å². The molecule has 0 aliphatic rings. The lowest BCUT2D eigenvalue weighted by atomic mass is 10.2. The summed E-state index contributed by atoms with van der Waals surface area (Å²) in [6, 6.07) is 7.24. The van der Waals surface area contributed by atoms with Crippen LogP contribution >= 0.6 is 11.3 Å². The Morgan fingerprint density at radius 3 is 2.76 bits per heavy atom. The predicted molar refractivity (Wildman–Crippen MR) is 69.2 cm³/mol. The van der Waals surface area contributed by atoms with Crippen LogP contribution in [0.4, 0.5) is 0 Å². The lowest BCUT2D eigenvalue weighted by molar-refractivity contribution is 0.341. The summed E-state index contributed by atoms with van der Waals surface area (Å²) in [4.78, 5) is 0. The molecule has 4 nitrogen and oxygen atoms in total. The first-order valence-corrected chi connectivity index (χ1v) is 7.46. The van der Waals surface area contributed by atoms with Gasteiger partial charge in [-0.2, -0.15) is 0 Å². The van der Waals surface area contributed by atoms with E-state index in [0.717, 1.165) is 15.8 Å². The van der Waals surface area contributed by atoms with Gasteiger partial charge in [0.2, 0.25) is 10.0 Å². The fourth-order valence-electron chi connectivity index (χ4n) is 1.48. The smallest absolute Gasteiger partial charge is 0.249 e. The SMILES string of the molecule is CCOc1ccc2cc(S(=O)(=O)NC)sc2c1. The summed E-state index contributed by atoms with van der Waals surface area (Å²) >= 11 is 1.24. The number of hydrogen-bond acceptors (Lipinski definition) is 4. The van der Waals surface area contributed by atoms with E-state index in [9.17, 15) is 8.42 Å². The van der Waals surface area contributed by atoms with E-state index in [2.05, 4.69) is 4.72 Å². The molecule has 0 spiro atoms. The number of sulfonamides is 1. The van der Waals surface area contributed by atoms with Crippen molar-refractivity contribution in [3.8, 4) is 5.75 Å². The van der Waals surface area contributed by atoms with Gasteiger partial charge in [-0.05, 0) is 43.6 Å². The van der Waals surface area contributed by atoms with Crippen LogP contribution in [0.1, 0.15) is 6.92 Å². The maximum Gasteiger partial charge on any atom is 0.249 e. The molecule has 0 atom stereocenters. The molecule has 1 aromatic heterocycles. The molecule has 0 amide bonds. The van der Waals surface area contributed by atoms with E-state index in [4.69, 9.17) is 4.74 Å². The molecule has 0 radical (unpaired) electrons.